The quantitative estimate of drug-likeness (QED) is 0.410. The van der Waals surface area contributed by atoms with Crippen molar-refractivity contribution in [2.75, 3.05) is 19.0 Å². The fourth-order valence-electron chi connectivity index (χ4n) is 2.36. The summed E-state index contributed by atoms with van der Waals surface area (Å²) < 4.78 is 10.6. The molecule has 0 spiro atoms. The molecule has 0 atom stereocenters. The zero-order chi connectivity index (χ0) is 21.4. The molecule has 0 bridgehead atoms. The van der Waals surface area contributed by atoms with E-state index in [-0.39, 0.29) is 40.0 Å². The first-order valence-electron chi connectivity index (χ1n) is 8.10. The number of ether oxygens (including phenoxy) is 2. The Bertz CT molecular complexity index is 1060. The van der Waals surface area contributed by atoms with Crippen molar-refractivity contribution in [3.8, 4) is 29.9 Å². The van der Waals surface area contributed by atoms with Gasteiger partial charge >= 0.3 is 5.97 Å². The van der Waals surface area contributed by atoms with Gasteiger partial charge in [0.1, 0.15) is 18.2 Å². The van der Waals surface area contributed by atoms with Crippen LogP contribution in [0.1, 0.15) is 15.9 Å². The van der Waals surface area contributed by atoms with Crippen molar-refractivity contribution in [3.63, 3.8) is 0 Å². The molecule has 0 radical (unpaired) electrons. The second-order valence-corrected chi connectivity index (χ2v) is 5.91. The van der Waals surface area contributed by atoms with Crippen LogP contribution in [0.2, 0.25) is 5.02 Å². The van der Waals surface area contributed by atoms with Gasteiger partial charge in [-0.1, -0.05) is 29.7 Å². The van der Waals surface area contributed by atoms with Crippen LogP contribution in [0.15, 0.2) is 42.0 Å². The Labute approximate surface area is 172 Å². The van der Waals surface area contributed by atoms with Crippen molar-refractivity contribution in [1.82, 2.24) is 0 Å². The van der Waals surface area contributed by atoms with Crippen molar-refractivity contribution in [1.29, 1.82) is 5.26 Å². The molecule has 2 aromatic carbocycles. The zero-order valence-corrected chi connectivity index (χ0v) is 16.0. The number of carbonyl (C=O) groups is 2. The molecule has 0 aromatic heterocycles. The Morgan fingerprint density at radius 3 is 2.69 bits per heavy atom. The number of hydrogen-bond acceptors (Lipinski definition) is 5. The highest BCUT2D eigenvalue weighted by Crippen LogP contribution is 2.37. The second-order valence-electron chi connectivity index (χ2n) is 5.50. The maximum Gasteiger partial charge on any atom is 0.337 e. The third-order valence-corrected chi connectivity index (χ3v) is 3.91. The first kappa shape index (κ1) is 21.4. The van der Waals surface area contributed by atoms with Gasteiger partial charge in [0, 0.05) is 0 Å². The van der Waals surface area contributed by atoms with Crippen LogP contribution < -0.4 is 14.8 Å². The Kier molecular flexibility index (Phi) is 7.25. The normalized spacial score (nSPS) is 10.4. The standard InChI is InChI=1S/C21H15ClN2O5/c1-3-8-29-19-16(22)10-13(11-18(19)28-2)9-14(12-23)20(25)24-17-7-5-4-6-15(17)21(26)27/h1,4-7,9-11H,8H2,2H3,(H,24,25)(H,26,27). The van der Waals surface area contributed by atoms with E-state index >= 15 is 0 Å². The SMILES string of the molecule is C#CCOc1c(Cl)cc(C=C(C#N)C(=O)Nc2ccccc2C(=O)O)cc1OC. The van der Waals surface area contributed by atoms with Gasteiger partial charge < -0.3 is 19.9 Å². The summed E-state index contributed by atoms with van der Waals surface area (Å²) in [6, 6.07) is 10.6. The number of nitriles is 1. The van der Waals surface area contributed by atoms with Crippen molar-refractivity contribution < 1.29 is 24.2 Å². The van der Waals surface area contributed by atoms with Gasteiger partial charge in [0.25, 0.3) is 5.91 Å². The highest BCUT2D eigenvalue weighted by atomic mass is 35.5. The van der Waals surface area contributed by atoms with E-state index in [1.165, 1.54) is 43.5 Å². The molecular weight excluding hydrogens is 396 g/mol. The van der Waals surface area contributed by atoms with Crippen molar-refractivity contribution in [2.45, 2.75) is 0 Å². The molecule has 1 amide bonds. The fraction of sp³-hybridized carbons (Fsp3) is 0.0952. The molecule has 2 rings (SSSR count). The van der Waals surface area contributed by atoms with Gasteiger partial charge in [-0.2, -0.15) is 5.26 Å². The molecule has 2 aromatic rings. The highest BCUT2D eigenvalue weighted by Gasteiger charge is 2.16. The molecule has 0 fully saturated rings. The van der Waals surface area contributed by atoms with Crippen molar-refractivity contribution >= 4 is 35.2 Å². The van der Waals surface area contributed by atoms with Crippen LogP contribution in [-0.2, 0) is 4.79 Å². The predicted molar refractivity (Wildman–Crippen MR) is 108 cm³/mol. The summed E-state index contributed by atoms with van der Waals surface area (Å²) in [5, 5.41) is 21.2. The van der Waals surface area contributed by atoms with E-state index in [1.807, 2.05) is 0 Å². The van der Waals surface area contributed by atoms with Gasteiger partial charge in [-0.25, -0.2) is 4.79 Å². The number of hydrogen-bond donors (Lipinski definition) is 2. The minimum absolute atomic E-state index is 0.0138. The number of benzene rings is 2. The minimum Gasteiger partial charge on any atom is -0.493 e. The molecular formula is C21H15ClN2O5. The molecule has 146 valence electrons. The van der Waals surface area contributed by atoms with E-state index in [1.54, 1.807) is 12.1 Å². The lowest BCUT2D eigenvalue weighted by atomic mass is 10.1. The first-order valence-corrected chi connectivity index (χ1v) is 8.48. The molecule has 29 heavy (non-hydrogen) atoms. The molecule has 0 saturated carbocycles. The van der Waals surface area contributed by atoms with Gasteiger partial charge in [-0.3, -0.25) is 4.79 Å². The average molecular weight is 411 g/mol. The largest absolute Gasteiger partial charge is 0.493 e. The number of carbonyl (C=O) groups excluding carboxylic acids is 1. The monoisotopic (exact) mass is 410 g/mol. The summed E-state index contributed by atoms with van der Waals surface area (Å²) >= 11 is 6.19. The number of methoxy groups -OCH3 is 1. The number of nitrogens with zero attached hydrogens (tertiary/aromatic N) is 1. The van der Waals surface area contributed by atoms with Gasteiger partial charge in [-0.05, 0) is 35.9 Å². The Morgan fingerprint density at radius 2 is 2.07 bits per heavy atom. The number of aromatic carboxylic acids is 1. The van der Waals surface area contributed by atoms with E-state index in [4.69, 9.17) is 27.5 Å². The van der Waals surface area contributed by atoms with Crippen LogP contribution in [0.5, 0.6) is 11.5 Å². The lowest BCUT2D eigenvalue weighted by Gasteiger charge is -2.12. The number of halogens is 1. The van der Waals surface area contributed by atoms with Crippen LogP contribution in [-0.4, -0.2) is 30.7 Å². The minimum atomic E-state index is -1.21. The van der Waals surface area contributed by atoms with Gasteiger partial charge in [0.15, 0.2) is 11.5 Å². The van der Waals surface area contributed by atoms with Crippen LogP contribution >= 0.6 is 11.6 Å². The summed E-state index contributed by atoms with van der Waals surface area (Å²) in [6.07, 6.45) is 6.46. The first-order chi connectivity index (χ1) is 13.9. The summed E-state index contributed by atoms with van der Waals surface area (Å²) in [6.45, 7) is -0.0138. The zero-order valence-electron chi connectivity index (χ0n) is 15.2. The van der Waals surface area contributed by atoms with Gasteiger partial charge in [-0.15, -0.1) is 6.42 Å². The Hall–Kier alpha value is -3.94. The number of para-hydroxylation sites is 1. The Morgan fingerprint density at radius 1 is 1.34 bits per heavy atom. The molecule has 0 aliphatic rings. The second kappa shape index (κ2) is 9.84. The molecule has 0 aliphatic carbocycles. The average Bonchev–Trinajstić information content (AvgIpc) is 2.70. The molecule has 0 saturated heterocycles. The predicted octanol–water partition coefficient (Wildman–Crippen LogP) is 3.60. The number of carboxylic acid groups (broad SMARTS) is 1. The van der Waals surface area contributed by atoms with E-state index in [2.05, 4.69) is 11.2 Å². The number of carboxylic acids is 1. The fourth-order valence-corrected chi connectivity index (χ4v) is 2.63. The molecule has 0 heterocycles. The van der Waals surface area contributed by atoms with Crippen LogP contribution in [0.25, 0.3) is 6.08 Å². The smallest absolute Gasteiger partial charge is 0.337 e. The van der Waals surface area contributed by atoms with Crippen molar-refractivity contribution in [3.05, 3.63) is 58.1 Å². The molecule has 2 N–H and O–H groups in total. The van der Waals surface area contributed by atoms with Crippen LogP contribution in [0.3, 0.4) is 0 Å². The van der Waals surface area contributed by atoms with E-state index in [0.717, 1.165) is 0 Å². The van der Waals surface area contributed by atoms with E-state index < -0.39 is 11.9 Å². The number of amides is 1. The number of nitrogens with one attached hydrogen (secondary N) is 1. The van der Waals surface area contributed by atoms with Gasteiger partial charge in [0.2, 0.25) is 0 Å². The number of terminal acetylenes is 1. The van der Waals surface area contributed by atoms with Crippen LogP contribution in [0.4, 0.5) is 5.69 Å². The van der Waals surface area contributed by atoms with Crippen LogP contribution in [0, 0.1) is 23.7 Å². The van der Waals surface area contributed by atoms with E-state index in [0.29, 0.717) is 5.56 Å². The lowest BCUT2D eigenvalue weighted by Crippen LogP contribution is -2.16. The summed E-state index contributed by atoms with van der Waals surface area (Å²) in [5.74, 6) is 0.845. The number of anilines is 1. The lowest BCUT2D eigenvalue weighted by molar-refractivity contribution is -0.112. The molecule has 7 nitrogen and oxygen atoms in total. The maximum atomic E-state index is 12.5. The molecule has 0 unspecified atom stereocenters. The number of rotatable bonds is 7. The summed E-state index contributed by atoms with van der Waals surface area (Å²) in [7, 11) is 1.41. The van der Waals surface area contributed by atoms with E-state index in [9.17, 15) is 20.0 Å². The molecule has 0 aliphatic heterocycles. The maximum absolute atomic E-state index is 12.5. The Balaban J connectivity index is 2.36. The highest BCUT2D eigenvalue weighted by molar-refractivity contribution is 6.32. The van der Waals surface area contributed by atoms with Gasteiger partial charge in [0.05, 0.1) is 23.4 Å². The summed E-state index contributed by atoms with van der Waals surface area (Å²) in [4.78, 5) is 23.7. The third-order valence-electron chi connectivity index (χ3n) is 3.63. The third kappa shape index (κ3) is 5.29. The topological polar surface area (TPSA) is 109 Å². The van der Waals surface area contributed by atoms with Crippen molar-refractivity contribution in [2.24, 2.45) is 0 Å². The molecule has 8 heteroatoms. The summed E-state index contributed by atoms with van der Waals surface area (Å²) in [5.41, 5.74) is 0.108.